The molecule has 0 spiro atoms. The molecule has 108 valence electrons. The van der Waals surface area contributed by atoms with Crippen LogP contribution in [-0.4, -0.2) is 17.0 Å². The number of hydrogen-bond donors (Lipinski definition) is 2. The molecule has 0 unspecified atom stereocenters. The van der Waals surface area contributed by atoms with Gasteiger partial charge in [-0.1, -0.05) is 18.2 Å². The zero-order valence-electron chi connectivity index (χ0n) is 11.4. The van der Waals surface area contributed by atoms with Crippen LogP contribution < -0.4 is 5.32 Å². The predicted molar refractivity (Wildman–Crippen MR) is 75.7 cm³/mol. The number of amides is 1. The van der Waals surface area contributed by atoms with Gasteiger partial charge in [0, 0.05) is 6.54 Å². The number of carboxylic acid groups (broad SMARTS) is 1. The second-order valence-electron chi connectivity index (χ2n) is 4.67. The molecule has 0 atom stereocenters. The molecule has 0 aliphatic carbocycles. The number of aromatic carboxylic acids is 1. The first-order valence-electron chi connectivity index (χ1n) is 6.34. The van der Waals surface area contributed by atoms with Crippen molar-refractivity contribution in [2.45, 2.75) is 13.5 Å². The van der Waals surface area contributed by atoms with Gasteiger partial charge in [0.05, 0.1) is 11.1 Å². The highest BCUT2D eigenvalue weighted by Crippen LogP contribution is 2.10. The molecule has 0 aromatic heterocycles. The molecule has 0 bridgehead atoms. The van der Waals surface area contributed by atoms with E-state index >= 15 is 0 Å². The van der Waals surface area contributed by atoms with Crippen molar-refractivity contribution in [3.63, 3.8) is 0 Å². The Morgan fingerprint density at radius 3 is 2.38 bits per heavy atom. The van der Waals surface area contributed by atoms with Gasteiger partial charge in [0.25, 0.3) is 5.91 Å². The van der Waals surface area contributed by atoms with E-state index in [1.807, 2.05) is 0 Å². The van der Waals surface area contributed by atoms with Gasteiger partial charge in [-0.25, -0.2) is 9.18 Å². The first-order valence-corrected chi connectivity index (χ1v) is 6.34. The Balaban J connectivity index is 2.02. The number of carbonyl (C=O) groups is 2. The Morgan fingerprint density at radius 2 is 1.81 bits per heavy atom. The lowest BCUT2D eigenvalue weighted by atomic mass is 10.1. The summed E-state index contributed by atoms with van der Waals surface area (Å²) < 4.78 is 13.6. The van der Waals surface area contributed by atoms with Gasteiger partial charge < -0.3 is 10.4 Å². The van der Waals surface area contributed by atoms with Crippen LogP contribution in [0.2, 0.25) is 0 Å². The van der Waals surface area contributed by atoms with E-state index in [0.29, 0.717) is 0 Å². The van der Waals surface area contributed by atoms with Gasteiger partial charge in [0.1, 0.15) is 5.82 Å². The molecule has 0 aliphatic heterocycles. The van der Waals surface area contributed by atoms with Crippen molar-refractivity contribution in [3.05, 3.63) is 70.5 Å². The molecule has 0 aliphatic rings. The summed E-state index contributed by atoms with van der Waals surface area (Å²) in [5, 5.41) is 11.4. The van der Waals surface area contributed by atoms with Crippen LogP contribution in [0.3, 0.4) is 0 Å². The number of halogens is 1. The van der Waals surface area contributed by atoms with Crippen molar-refractivity contribution >= 4 is 11.9 Å². The molecule has 0 heterocycles. The predicted octanol–water partition coefficient (Wildman–Crippen LogP) is 2.76. The summed E-state index contributed by atoms with van der Waals surface area (Å²) in [5.74, 6) is -2.07. The molecule has 0 saturated carbocycles. The van der Waals surface area contributed by atoms with E-state index in [1.54, 1.807) is 25.1 Å². The molecule has 2 aromatic carbocycles. The highest BCUT2D eigenvalue weighted by Gasteiger charge is 2.11. The molecule has 2 N–H and O–H groups in total. The monoisotopic (exact) mass is 287 g/mol. The molecule has 1 amide bonds. The second-order valence-corrected chi connectivity index (χ2v) is 4.67. The molecule has 0 saturated heterocycles. The van der Waals surface area contributed by atoms with Crippen LogP contribution in [0.5, 0.6) is 0 Å². The summed E-state index contributed by atoms with van der Waals surface area (Å²) in [4.78, 5) is 22.6. The van der Waals surface area contributed by atoms with E-state index in [2.05, 4.69) is 5.32 Å². The standard InChI is InChI=1S/C16H14FNO3/c1-10-2-7-13(14(17)8-10)15(19)18-9-11-3-5-12(6-4-11)16(20)21/h2-8H,9H2,1H3,(H,18,19)(H,20,21). The Morgan fingerprint density at radius 1 is 1.14 bits per heavy atom. The topological polar surface area (TPSA) is 66.4 Å². The maximum absolute atomic E-state index is 13.6. The largest absolute Gasteiger partial charge is 0.478 e. The fourth-order valence-electron chi connectivity index (χ4n) is 1.85. The molecule has 2 aromatic rings. The van der Waals surface area contributed by atoms with Crippen molar-refractivity contribution in [1.29, 1.82) is 0 Å². The quantitative estimate of drug-likeness (QED) is 0.908. The Kier molecular flexibility index (Phi) is 4.33. The molecule has 0 fully saturated rings. The smallest absolute Gasteiger partial charge is 0.335 e. The third kappa shape index (κ3) is 3.66. The third-order valence-corrected chi connectivity index (χ3v) is 3.02. The van der Waals surface area contributed by atoms with E-state index in [4.69, 9.17) is 5.11 Å². The van der Waals surface area contributed by atoms with Crippen molar-refractivity contribution in [3.8, 4) is 0 Å². The van der Waals surface area contributed by atoms with Crippen LogP contribution in [0.4, 0.5) is 4.39 Å². The average molecular weight is 287 g/mol. The minimum Gasteiger partial charge on any atom is -0.478 e. The summed E-state index contributed by atoms with van der Waals surface area (Å²) in [6.07, 6.45) is 0. The lowest BCUT2D eigenvalue weighted by Crippen LogP contribution is -2.23. The number of benzene rings is 2. The normalized spacial score (nSPS) is 10.2. The van der Waals surface area contributed by atoms with E-state index in [1.165, 1.54) is 24.3 Å². The fraction of sp³-hybridized carbons (Fsp3) is 0.125. The highest BCUT2D eigenvalue weighted by molar-refractivity contribution is 5.94. The van der Waals surface area contributed by atoms with Crippen LogP contribution in [0.15, 0.2) is 42.5 Å². The zero-order valence-corrected chi connectivity index (χ0v) is 11.4. The number of carbonyl (C=O) groups excluding carboxylic acids is 1. The van der Waals surface area contributed by atoms with Crippen LogP contribution in [0, 0.1) is 12.7 Å². The summed E-state index contributed by atoms with van der Waals surface area (Å²) in [7, 11) is 0. The van der Waals surface area contributed by atoms with Crippen LogP contribution >= 0.6 is 0 Å². The molecular weight excluding hydrogens is 273 g/mol. The van der Waals surface area contributed by atoms with Crippen LogP contribution in [0.1, 0.15) is 31.8 Å². The van der Waals surface area contributed by atoms with Crippen molar-refractivity contribution in [1.82, 2.24) is 5.32 Å². The van der Waals surface area contributed by atoms with Crippen LogP contribution in [-0.2, 0) is 6.54 Å². The Labute approximate surface area is 121 Å². The summed E-state index contributed by atoms with van der Waals surface area (Å²) in [5.41, 5.74) is 1.64. The lowest BCUT2D eigenvalue weighted by Gasteiger charge is -2.07. The summed E-state index contributed by atoms with van der Waals surface area (Å²) in [6.45, 7) is 1.95. The summed E-state index contributed by atoms with van der Waals surface area (Å²) in [6, 6.07) is 10.5. The minimum atomic E-state index is -1.01. The first kappa shape index (κ1) is 14.7. The zero-order chi connectivity index (χ0) is 15.4. The molecular formula is C16H14FNO3. The van der Waals surface area contributed by atoms with Gasteiger partial charge in [-0.15, -0.1) is 0 Å². The molecule has 5 heteroatoms. The highest BCUT2D eigenvalue weighted by atomic mass is 19.1. The van der Waals surface area contributed by atoms with E-state index in [-0.39, 0.29) is 17.7 Å². The van der Waals surface area contributed by atoms with E-state index in [9.17, 15) is 14.0 Å². The van der Waals surface area contributed by atoms with E-state index < -0.39 is 17.7 Å². The molecule has 21 heavy (non-hydrogen) atoms. The van der Waals surface area contributed by atoms with Gasteiger partial charge in [0.15, 0.2) is 0 Å². The third-order valence-electron chi connectivity index (χ3n) is 3.02. The molecule has 4 nitrogen and oxygen atoms in total. The van der Waals surface area contributed by atoms with Gasteiger partial charge >= 0.3 is 5.97 Å². The number of rotatable bonds is 4. The van der Waals surface area contributed by atoms with E-state index in [0.717, 1.165) is 11.1 Å². The fourth-order valence-corrected chi connectivity index (χ4v) is 1.85. The van der Waals surface area contributed by atoms with Gasteiger partial charge in [-0.3, -0.25) is 4.79 Å². The van der Waals surface area contributed by atoms with Crippen molar-refractivity contribution < 1.29 is 19.1 Å². The molecule has 0 radical (unpaired) electrons. The number of carboxylic acids is 1. The SMILES string of the molecule is Cc1ccc(C(=O)NCc2ccc(C(=O)O)cc2)c(F)c1. The van der Waals surface area contributed by atoms with Gasteiger partial charge in [0.2, 0.25) is 0 Å². The van der Waals surface area contributed by atoms with Crippen LogP contribution in [0.25, 0.3) is 0 Å². The average Bonchev–Trinajstić information content (AvgIpc) is 2.45. The number of nitrogens with one attached hydrogen (secondary N) is 1. The van der Waals surface area contributed by atoms with Crippen molar-refractivity contribution in [2.24, 2.45) is 0 Å². The number of hydrogen-bond acceptors (Lipinski definition) is 2. The Hall–Kier alpha value is -2.69. The minimum absolute atomic E-state index is 0.0113. The maximum atomic E-state index is 13.6. The first-order chi connectivity index (χ1) is 9.97. The number of aryl methyl sites for hydroxylation is 1. The summed E-state index contributed by atoms with van der Waals surface area (Å²) >= 11 is 0. The van der Waals surface area contributed by atoms with Gasteiger partial charge in [-0.05, 0) is 42.3 Å². The molecule has 2 rings (SSSR count). The van der Waals surface area contributed by atoms with Crippen molar-refractivity contribution in [2.75, 3.05) is 0 Å². The lowest BCUT2D eigenvalue weighted by molar-refractivity contribution is 0.0696. The van der Waals surface area contributed by atoms with Gasteiger partial charge in [-0.2, -0.15) is 0 Å². The maximum Gasteiger partial charge on any atom is 0.335 e. The Bertz CT molecular complexity index is 680. The second kappa shape index (κ2) is 6.17.